The van der Waals surface area contributed by atoms with Gasteiger partial charge in [-0.15, -0.1) is 22.7 Å². The predicted molar refractivity (Wildman–Crippen MR) is 109 cm³/mol. The molecule has 1 saturated carbocycles. The van der Waals surface area contributed by atoms with Crippen LogP contribution >= 0.6 is 22.7 Å². The summed E-state index contributed by atoms with van der Waals surface area (Å²) in [5.74, 6) is 0.262. The number of hydrogen-bond donors (Lipinski definition) is 1. The van der Waals surface area contributed by atoms with Gasteiger partial charge in [0.1, 0.15) is 5.75 Å². The van der Waals surface area contributed by atoms with Gasteiger partial charge in [-0.25, -0.2) is 4.68 Å². The van der Waals surface area contributed by atoms with Crippen LogP contribution in [0.2, 0.25) is 0 Å². The van der Waals surface area contributed by atoms with Gasteiger partial charge in [0.25, 0.3) is 0 Å². The van der Waals surface area contributed by atoms with Crippen molar-refractivity contribution in [2.45, 2.75) is 38.1 Å². The molecule has 4 nitrogen and oxygen atoms in total. The van der Waals surface area contributed by atoms with Crippen LogP contribution < -0.4 is 4.80 Å². The average Bonchev–Trinajstić information content (AvgIpc) is 3.32. The number of aromatic nitrogens is 1. The zero-order valence-electron chi connectivity index (χ0n) is 14.4. The number of benzene rings is 1. The number of hydrogen-bond acceptors (Lipinski definition) is 5. The number of phenolic OH excluding ortho intramolecular Hbond substituents is 1. The Bertz CT molecular complexity index is 930. The second kappa shape index (κ2) is 8.01. The van der Waals surface area contributed by atoms with Crippen LogP contribution in [0.4, 0.5) is 0 Å². The molecule has 6 heteroatoms. The van der Waals surface area contributed by atoms with Gasteiger partial charge in [0, 0.05) is 5.38 Å². The van der Waals surface area contributed by atoms with Crippen molar-refractivity contribution in [3.63, 3.8) is 0 Å². The molecule has 2 aromatic heterocycles. The number of phenols is 1. The molecule has 0 spiro atoms. The fraction of sp³-hybridized carbons (Fsp3) is 0.300. The lowest BCUT2D eigenvalue weighted by molar-refractivity contribution is 0.435. The van der Waals surface area contributed by atoms with Crippen molar-refractivity contribution < 1.29 is 5.11 Å². The minimum atomic E-state index is 0.262. The summed E-state index contributed by atoms with van der Waals surface area (Å²) < 4.78 is 1.96. The summed E-state index contributed by atoms with van der Waals surface area (Å²) in [7, 11) is 0. The molecule has 4 rings (SSSR count). The number of thiophene rings is 1. The van der Waals surface area contributed by atoms with Gasteiger partial charge < -0.3 is 5.11 Å². The standard InChI is InChI=1S/C20H21N3OS2/c24-17-10-8-15(9-11-17)13-21-23-18(19-7-4-12-25-19)14-26-20(23)22-16-5-2-1-3-6-16/h4,7-14,16,24H,1-3,5-6H2. The quantitative estimate of drug-likeness (QED) is 0.626. The Kier molecular flexibility index (Phi) is 5.32. The lowest BCUT2D eigenvalue weighted by atomic mass is 9.96. The summed E-state index contributed by atoms with van der Waals surface area (Å²) in [5.41, 5.74) is 2.02. The number of thiazole rings is 1. The lowest BCUT2D eigenvalue weighted by Gasteiger charge is -2.16. The van der Waals surface area contributed by atoms with Crippen LogP contribution in [0, 0.1) is 0 Å². The maximum atomic E-state index is 9.44. The lowest BCUT2D eigenvalue weighted by Crippen LogP contribution is -2.18. The van der Waals surface area contributed by atoms with Crippen LogP contribution in [0.3, 0.4) is 0 Å². The molecule has 0 aliphatic heterocycles. The topological polar surface area (TPSA) is 49.9 Å². The molecule has 26 heavy (non-hydrogen) atoms. The molecular formula is C20H21N3OS2. The molecule has 1 aromatic carbocycles. The van der Waals surface area contributed by atoms with Crippen molar-refractivity contribution in [3.05, 3.63) is 57.5 Å². The van der Waals surface area contributed by atoms with Gasteiger partial charge in [0.15, 0.2) is 0 Å². The average molecular weight is 384 g/mol. The Morgan fingerprint density at radius 3 is 2.58 bits per heavy atom. The molecule has 2 heterocycles. The van der Waals surface area contributed by atoms with Crippen molar-refractivity contribution >= 4 is 28.9 Å². The molecule has 3 aromatic rings. The first-order valence-electron chi connectivity index (χ1n) is 8.91. The second-order valence-electron chi connectivity index (χ2n) is 6.45. The van der Waals surface area contributed by atoms with E-state index in [1.807, 2.05) is 23.0 Å². The first kappa shape index (κ1) is 17.2. The van der Waals surface area contributed by atoms with Gasteiger partial charge in [0.2, 0.25) is 4.80 Å². The smallest absolute Gasteiger partial charge is 0.206 e. The third-order valence-electron chi connectivity index (χ3n) is 4.54. The fourth-order valence-electron chi connectivity index (χ4n) is 3.15. The normalized spacial score (nSPS) is 16.5. The number of rotatable bonds is 4. The van der Waals surface area contributed by atoms with E-state index in [1.54, 1.807) is 34.8 Å². The molecule has 0 atom stereocenters. The Morgan fingerprint density at radius 2 is 1.85 bits per heavy atom. The highest BCUT2D eigenvalue weighted by molar-refractivity contribution is 7.14. The third-order valence-corrected chi connectivity index (χ3v) is 6.26. The van der Waals surface area contributed by atoms with E-state index >= 15 is 0 Å². The molecule has 134 valence electrons. The fourth-order valence-corrected chi connectivity index (χ4v) is 4.85. The van der Waals surface area contributed by atoms with Crippen LogP contribution in [0.25, 0.3) is 10.6 Å². The van der Waals surface area contributed by atoms with E-state index in [0.717, 1.165) is 16.1 Å². The Morgan fingerprint density at radius 1 is 1.04 bits per heavy atom. The van der Waals surface area contributed by atoms with Gasteiger partial charge in [-0.3, -0.25) is 4.99 Å². The summed E-state index contributed by atoms with van der Waals surface area (Å²) in [6.07, 6.45) is 8.04. The van der Waals surface area contributed by atoms with E-state index in [9.17, 15) is 5.11 Å². The van der Waals surface area contributed by atoms with Crippen LogP contribution in [0.15, 0.2) is 57.3 Å². The van der Waals surface area contributed by atoms with Gasteiger partial charge >= 0.3 is 0 Å². The Balaban J connectivity index is 1.72. The van der Waals surface area contributed by atoms with Gasteiger partial charge in [0.05, 0.1) is 22.8 Å². The predicted octanol–water partition coefficient (Wildman–Crippen LogP) is 5.10. The molecule has 0 bridgehead atoms. The van der Waals surface area contributed by atoms with Crippen molar-refractivity contribution in [1.29, 1.82) is 0 Å². The zero-order chi connectivity index (χ0) is 17.8. The van der Waals surface area contributed by atoms with Crippen molar-refractivity contribution in [2.75, 3.05) is 0 Å². The van der Waals surface area contributed by atoms with Crippen LogP contribution in [-0.2, 0) is 0 Å². The summed E-state index contributed by atoms with van der Waals surface area (Å²) in [6, 6.07) is 11.6. The number of nitrogens with zero attached hydrogens (tertiary/aromatic N) is 3. The van der Waals surface area contributed by atoms with Crippen LogP contribution in [-0.4, -0.2) is 22.0 Å². The summed E-state index contributed by atoms with van der Waals surface area (Å²) in [6.45, 7) is 0. The highest BCUT2D eigenvalue weighted by atomic mass is 32.1. The van der Waals surface area contributed by atoms with E-state index in [1.165, 1.54) is 37.0 Å². The highest BCUT2D eigenvalue weighted by Gasteiger charge is 2.14. The van der Waals surface area contributed by atoms with Crippen LogP contribution in [0.1, 0.15) is 37.7 Å². The molecule has 1 aliphatic rings. The largest absolute Gasteiger partial charge is 0.508 e. The first-order valence-corrected chi connectivity index (χ1v) is 10.7. The molecule has 0 saturated heterocycles. The Labute approximate surface area is 160 Å². The van der Waals surface area contributed by atoms with Crippen LogP contribution in [0.5, 0.6) is 5.75 Å². The molecule has 0 amide bonds. The zero-order valence-corrected chi connectivity index (χ0v) is 16.0. The maximum absolute atomic E-state index is 9.44. The third kappa shape index (κ3) is 3.97. The van der Waals surface area contributed by atoms with Crippen molar-refractivity contribution in [2.24, 2.45) is 10.1 Å². The van der Waals surface area contributed by atoms with Gasteiger partial charge in [-0.05, 0) is 54.1 Å². The monoisotopic (exact) mass is 383 g/mol. The highest BCUT2D eigenvalue weighted by Crippen LogP contribution is 2.26. The number of aromatic hydroxyl groups is 1. The SMILES string of the molecule is Oc1ccc(C=Nn2c(-c3cccs3)csc2=NC2CCCCC2)cc1. The van der Waals surface area contributed by atoms with E-state index in [2.05, 4.69) is 22.9 Å². The second-order valence-corrected chi connectivity index (χ2v) is 8.23. The minimum absolute atomic E-state index is 0.262. The van der Waals surface area contributed by atoms with Crippen molar-refractivity contribution in [1.82, 2.24) is 4.68 Å². The maximum Gasteiger partial charge on any atom is 0.206 e. The van der Waals surface area contributed by atoms with E-state index in [0.29, 0.717) is 6.04 Å². The summed E-state index contributed by atoms with van der Waals surface area (Å²) in [4.78, 5) is 7.15. The van der Waals surface area contributed by atoms with E-state index < -0.39 is 0 Å². The molecular weight excluding hydrogens is 362 g/mol. The molecule has 1 fully saturated rings. The summed E-state index contributed by atoms with van der Waals surface area (Å²) in [5, 5.41) is 18.4. The first-order chi connectivity index (χ1) is 12.8. The summed E-state index contributed by atoms with van der Waals surface area (Å²) >= 11 is 3.37. The molecule has 1 aliphatic carbocycles. The molecule has 1 N–H and O–H groups in total. The van der Waals surface area contributed by atoms with Gasteiger partial charge in [-0.1, -0.05) is 25.3 Å². The van der Waals surface area contributed by atoms with Crippen molar-refractivity contribution in [3.8, 4) is 16.3 Å². The van der Waals surface area contributed by atoms with E-state index in [4.69, 9.17) is 10.1 Å². The molecule has 0 unspecified atom stereocenters. The molecule has 0 radical (unpaired) electrons. The van der Waals surface area contributed by atoms with Gasteiger partial charge in [-0.2, -0.15) is 5.10 Å². The minimum Gasteiger partial charge on any atom is -0.508 e. The van der Waals surface area contributed by atoms with E-state index in [-0.39, 0.29) is 5.75 Å². The Hall–Kier alpha value is -2.18.